The first-order valence-corrected chi connectivity index (χ1v) is 7.17. The second-order valence-corrected chi connectivity index (χ2v) is 5.38. The van der Waals surface area contributed by atoms with E-state index in [1.807, 2.05) is 38.1 Å². The maximum atomic E-state index is 9.21. The van der Waals surface area contributed by atoms with E-state index >= 15 is 0 Å². The molecule has 0 radical (unpaired) electrons. The average Bonchev–Trinajstić information content (AvgIpc) is 2.59. The Morgan fingerprint density at radius 2 is 1.83 bits per heavy atom. The van der Waals surface area contributed by atoms with Gasteiger partial charge in [-0.1, -0.05) is 13.8 Å². The van der Waals surface area contributed by atoms with Gasteiger partial charge in [-0.3, -0.25) is 0 Å². The van der Waals surface area contributed by atoms with Crippen molar-refractivity contribution in [1.29, 1.82) is 10.5 Å². The Morgan fingerprint density at radius 3 is 2.35 bits per heavy atom. The Hall–Kier alpha value is -2.99. The topological polar surface area (TPSA) is 90.4 Å². The van der Waals surface area contributed by atoms with Crippen molar-refractivity contribution < 1.29 is 9.47 Å². The molecule has 0 fully saturated rings. The van der Waals surface area contributed by atoms with E-state index < -0.39 is 0 Å². The second kappa shape index (κ2) is 6.85. The van der Waals surface area contributed by atoms with Gasteiger partial charge in [-0.15, -0.1) is 0 Å². The van der Waals surface area contributed by atoms with Crippen LogP contribution in [0, 0.1) is 28.6 Å². The Balaban J connectivity index is 2.58. The highest BCUT2D eigenvalue weighted by Crippen LogP contribution is 2.30. The lowest BCUT2D eigenvalue weighted by Gasteiger charge is -2.28. The Bertz CT molecular complexity index is 751. The molecule has 0 saturated heterocycles. The van der Waals surface area contributed by atoms with Crippen LogP contribution in [0.2, 0.25) is 0 Å². The van der Waals surface area contributed by atoms with Crippen molar-refractivity contribution >= 4 is 5.71 Å². The van der Waals surface area contributed by atoms with Gasteiger partial charge < -0.3 is 14.8 Å². The fourth-order valence-corrected chi connectivity index (χ4v) is 2.43. The number of benzene rings is 1. The van der Waals surface area contributed by atoms with E-state index in [0.29, 0.717) is 17.2 Å². The molecule has 6 heteroatoms. The molecule has 0 aromatic heterocycles. The second-order valence-electron chi connectivity index (χ2n) is 5.38. The summed E-state index contributed by atoms with van der Waals surface area (Å²) < 4.78 is 10.6. The zero-order valence-corrected chi connectivity index (χ0v) is 13.5. The van der Waals surface area contributed by atoms with Crippen molar-refractivity contribution in [3.05, 3.63) is 35.2 Å². The SMILES string of the molecule is COc1ccc(C2=NC(C#N)=C(C#N)NC2C(C)C)cc1OC. The molecule has 1 aromatic carbocycles. The van der Waals surface area contributed by atoms with Crippen LogP contribution in [0.3, 0.4) is 0 Å². The Morgan fingerprint density at radius 1 is 1.13 bits per heavy atom. The summed E-state index contributed by atoms with van der Waals surface area (Å²) in [5.41, 5.74) is 1.82. The molecule has 6 nitrogen and oxygen atoms in total. The molecule has 0 saturated carbocycles. The van der Waals surface area contributed by atoms with E-state index in [1.165, 1.54) is 0 Å². The predicted octanol–water partition coefficient (Wildman–Crippen LogP) is 2.38. The number of hydrogen-bond acceptors (Lipinski definition) is 6. The maximum Gasteiger partial charge on any atom is 0.174 e. The number of aliphatic imine (C=N–C) groups is 1. The van der Waals surface area contributed by atoms with Crippen molar-refractivity contribution in [1.82, 2.24) is 5.32 Å². The third kappa shape index (κ3) is 3.12. The first-order chi connectivity index (χ1) is 11.0. The maximum absolute atomic E-state index is 9.21. The summed E-state index contributed by atoms with van der Waals surface area (Å²) >= 11 is 0. The summed E-state index contributed by atoms with van der Waals surface area (Å²) in [6.45, 7) is 4.06. The fourth-order valence-electron chi connectivity index (χ4n) is 2.43. The smallest absolute Gasteiger partial charge is 0.174 e. The van der Waals surface area contributed by atoms with Gasteiger partial charge in [0.15, 0.2) is 22.9 Å². The summed E-state index contributed by atoms with van der Waals surface area (Å²) in [5.74, 6) is 1.39. The molecule has 2 rings (SSSR count). The standard InChI is InChI=1S/C17H18N4O2/c1-10(2)16-17(21-13(9-19)12(8-18)20-16)11-5-6-14(22-3)15(7-11)23-4/h5-7,10,16,20H,1-4H3. The highest BCUT2D eigenvalue weighted by atomic mass is 16.5. The van der Waals surface area contributed by atoms with Crippen molar-refractivity contribution in [3.8, 4) is 23.6 Å². The minimum Gasteiger partial charge on any atom is -0.493 e. The highest BCUT2D eigenvalue weighted by molar-refractivity contribution is 6.06. The van der Waals surface area contributed by atoms with Gasteiger partial charge in [0.25, 0.3) is 0 Å². The molecule has 0 spiro atoms. The molecule has 1 N–H and O–H groups in total. The van der Waals surface area contributed by atoms with Gasteiger partial charge in [-0.2, -0.15) is 10.5 Å². The Kier molecular flexibility index (Phi) is 4.88. The average molecular weight is 310 g/mol. The number of nitriles is 2. The van der Waals surface area contributed by atoms with E-state index in [2.05, 4.69) is 10.3 Å². The third-order valence-electron chi connectivity index (χ3n) is 3.63. The van der Waals surface area contributed by atoms with Gasteiger partial charge in [-0.05, 0) is 24.1 Å². The van der Waals surface area contributed by atoms with Crippen LogP contribution in [0.1, 0.15) is 19.4 Å². The fraction of sp³-hybridized carbons (Fsp3) is 0.353. The molecular formula is C17H18N4O2. The molecule has 1 aliphatic rings. The van der Waals surface area contributed by atoms with Gasteiger partial charge >= 0.3 is 0 Å². The number of hydrogen-bond donors (Lipinski definition) is 1. The minimum atomic E-state index is -0.167. The zero-order chi connectivity index (χ0) is 17.0. The normalized spacial score (nSPS) is 17.0. The molecular weight excluding hydrogens is 292 g/mol. The van der Waals surface area contributed by atoms with E-state index in [9.17, 15) is 10.5 Å². The van der Waals surface area contributed by atoms with E-state index in [4.69, 9.17) is 9.47 Å². The van der Waals surface area contributed by atoms with Crippen LogP contribution in [-0.4, -0.2) is 26.0 Å². The monoisotopic (exact) mass is 310 g/mol. The lowest BCUT2D eigenvalue weighted by molar-refractivity contribution is 0.355. The summed E-state index contributed by atoms with van der Waals surface area (Å²) in [6.07, 6.45) is 0. The molecule has 0 amide bonds. The largest absolute Gasteiger partial charge is 0.493 e. The lowest BCUT2D eigenvalue weighted by atomic mass is 9.92. The van der Waals surface area contributed by atoms with E-state index in [-0.39, 0.29) is 23.4 Å². The van der Waals surface area contributed by atoms with Gasteiger partial charge in [0.1, 0.15) is 12.1 Å². The number of rotatable bonds is 4. The van der Waals surface area contributed by atoms with Crippen LogP contribution in [-0.2, 0) is 0 Å². The van der Waals surface area contributed by atoms with Gasteiger partial charge in [-0.25, -0.2) is 4.99 Å². The number of nitrogens with one attached hydrogen (secondary N) is 1. The number of methoxy groups -OCH3 is 2. The quantitative estimate of drug-likeness (QED) is 0.922. The summed E-state index contributed by atoms with van der Waals surface area (Å²) in [6, 6.07) is 9.28. The highest BCUT2D eigenvalue weighted by Gasteiger charge is 2.28. The summed E-state index contributed by atoms with van der Waals surface area (Å²) in [4.78, 5) is 4.41. The first kappa shape index (κ1) is 16.4. The molecule has 1 aliphatic heterocycles. The van der Waals surface area contributed by atoms with Gasteiger partial charge in [0, 0.05) is 5.56 Å². The van der Waals surface area contributed by atoms with Crippen LogP contribution in [0.4, 0.5) is 0 Å². The molecule has 0 bridgehead atoms. The van der Waals surface area contributed by atoms with Crippen molar-refractivity contribution in [2.45, 2.75) is 19.9 Å². The van der Waals surface area contributed by atoms with E-state index in [0.717, 1.165) is 5.56 Å². The predicted molar refractivity (Wildman–Crippen MR) is 86.1 cm³/mol. The first-order valence-electron chi connectivity index (χ1n) is 7.17. The van der Waals surface area contributed by atoms with Crippen LogP contribution in [0.15, 0.2) is 34.6 Å². The van der Waals surface area contributed by atoms with Crippen LogP contribution in [0.5, 0.6) is 11.5 Å². The van der Waals surface area contributed by atoms with Crippen molar-refractivity contribution in [2.24, 2.45) is 10.9 Å². The molecule has 1 heterocycles. The third-order valence-corrected chi connectivity index (χ3v) is 3.63. The van der Waals surface area contributed by atoms with Crippen molar-refractivity contribution in [2.75, 3.05) is 14.2 Å². The summed E-state index contributed by atoms with van der Waals surface area (Å²) in [7, 11) is 3.14. The summed E-state index contributed by atoms with van der Waals surface area (Å²) in [5, 5.41) is 21.5. The van der Waals surface area contributed by atoms with Gasteiger partial charge in [0.2, 0.25) is 0 Å². The molecule has 1 unspecified atom stereocenters. The van der Waals surface area contributed by atoms with Crippen molar-refractivity contribution in [3.63, 3.8) is 0 Å². The number of allylic oxidation sites excluding steroid dienone is 2. The Labute approximate surface area is 135 Å². The molecule has 23 heavy (non-hydrogen) atoms. The molecule has 1 aromatic rings. The number of ether oxygens (including phenoxy) is 2. The minimum absolute atomic E-state index is 0.0918. The van der Waals surface area contributed by atoms with Gasteiger partial charge in [0.05, 0.1) is 26.0 Å². The van der Waals surface area contributed by atoms with Crippen LogP contribution < -0.4 is 14.8 Å². The lowest BCUT2D eigenvalue weighted by Crippen LogP contribution is -2.43. The zero-order valence-electron chi connectivity index (χ0n) is 13.5. The van der Waals surface area contributed by atoms with Crippen LogP contribution in [0.25, 0.3) is 0 Å². The van der Waals surface area contributed by atoms with E-state index in [1.54, 1.807) is 20.3 Å². The molecule has 1 atom stereocenters. The molecule has 0 aliphatic carbocycles. The number of nitrogens with zero attached hydrogens (tertiary/aromatic N) is 3. The molecule has 118 valence electrons. The van der Waals surface area contributed by atoms with Crippen LogP contribution >= 0.6 is 0 Å².